The van der Waals surface area contributed by atoms with Gasteiger partial charge in [0.15, 0.2) is 0 Å². The molecule has 1 aromatic heterocycles. The van der Waals surface area contributed by atoms with Crippen LogP contribution in [0.5, 0.6) is 5.75 Å². The number of nitrogens with zero attached hydrogens (tertiary/aromatic N) is 1. The van der Waals surface area contributed by atoms with Gasteiger partial charge in [-0.05, 0) is 56.1 Å². The lowest BCUT2D eigenvalue weighted by Crippen LogP contribution is -2.30. The first-order valence-electron chi connectivity index (χ1n) is 9.42. The maximum atomic E-state index is 12.3. The van der Waals surface area contributed by atoms with E-state index < -0.39 is 6.17 Å². The van der Waals surface area contributed by atoms with E-state index in [2.05, 4.69) is 16.5 Å². The summed E-state index contributed by atoms with van der Waals surface area (Å²) < 4.78 is 17.5. The van der Waals surface area contributed by atoms with E-state index in [1.54, 1.807) is 19.3 Å². The van der Waals surface area contributed by atoms with E-state index >= 15 is 0 Å². The van der Waals surface area contributed by atoms with E-state index in [4.69, 9.17) is 4.74 Å². The number of carbonyl (C=O) groups excluding carboxylic acids is 1. The van der Waals surface area contributed by atoms with Crippen molar-refractivity contribution in [3.8, 4) is 16.9 Å². The summed E-state index contributed by atoms with van der Waals surface area (Å²) in [5.41, 5.74) is 4.77. The normalized spacial score (nSPS) is 15.5. The number of allylic oxidation sites excluding steroid dienone is 2. The Morgan fingerprint density at radius 1 is 1.29 bits per heavy atom. The second kappa shape index (κ2) is 10.6. The second-order valence-corrected chi connectivity index (χ2v) is 6.91. The minimum atomic E-state index is -0.522. The quantitative estimate of drug-likeness (QED) is 0.457. The number of aromatic amines is 1. The summed E-state index contributed by atoms with van der Waals surface area (Å²) in [6.45, 7) is 7.50. The molecule has 2 aromatic rings. The van der Waals surface area contributed by atoms with E-state index in [-0.39, 0.29) is 0 Å². The van der Waals surface area contributed by atoms with E-state index in [0.717, 1.165) is 60.4 Å². The molecular weight excluding hydrogens is 355 g/mol. The predicted octanol–water partition coefficient (Wildman–Crippen LogP) is 4.82. The summed E-state index contributed by atoms with van der Waals surface area (Å²) in [6, 6.07) is 7.88. The number of methoxy groups -OCH3 is 1. The van der Waals surface area contributed by atoms with Crippen molar-refractivity contribution in [2.24, 2.45) is 0 Å². The number of aldehydes is 1. The van der Waals surface area contributed by atoms with Gasteiger partial charge >= 0.3 is 0 Å². The topological polar surface area (TPSA) is 45.3 Å². The third-order valence-corrected chi connectivity index (χ3v) is 4.91. The van der Waals surface area contributed by atoms with E-state index in [1.165, 1.54) is 0 Å². The monoisotopic (exact) mass is 384 g/mol. The van der Waals surface area contributed by atoms with Crippen LogP contribution >= 0.6 is 0 Å². The van der Waals surface area contributed by atoms with E-state index in [9.17, 15) is 9.18 Å². The van der Waals surface area contributed by atoms with Crippen LogP contribution in [0, 0.1) is 6.92 Å². The Morgan fingerprint density at radius 2 is 1.93 bits per heavy atom. The Bertz CT molecular complexity index is 781. The number of aromatic nitrogens is 1. The number of hydrogen-bond acceptors (Lipinski definition) is 3. The van der Waals surface area contributed by atoms with Gasteiger partial charge in [0.1, 0.15) is 18.2 Å². The molecule has 28 heavy (non-hydrogen) atoms. The molecule has 1 aliphatic rings. The first-order chi connectivity index (χ1) is 13.5. The lowest BCUT2D eigenvalue weighted by molar-refractivity contribution is -0.104. The van der Waals surface area contributed by atoms with E-state index in [1.807, 2.05) is 44.4 Å². The molecule has 2 heterocycles. The molecule has 1 saturated heterocycles. The van der Waals surface area contributed by atoms with Crippen molar-refractivity contribution in [2.45, 2.75) is 25.9 Å². The minimum absolute atomic E-state index is 0.522. The number of ether oxygens (including phenoxy) is 1. The zero-order valence-electron chi connectivity index (χ0n) is 16.9. The highest BCUT2D eigenvalue weighted by molar-refractivity contribution is 5.86. The van der Waals surface area contributed by atoms with E-state index in [0.29, 0.717) is 5.57 Å². The molecule has 0 bridgehead atoms. The zero-order valence-corrected chi connectivity index (χ0v) is 16.9. The number of carbonyl (C=O) groups is 1. The molecule has 1 fully saturated rings. The van der Waals surface area contributed by atoms with Crippen molar-refractivity contribution in [2.75, 3.05) is 27.2 Å². The van der Waals surface area contributed by atoms with Crippen molar-refractivity contribution < 1.29 is 13.9 Å². The van der Waals surface area contributed by atoms with Crippen LogP contribution in [0.25, 0.3) is 17.2 Å². The smallest absolute Gasteiger partial charge is 0.150 e. The largest absolute Gasteiger partial charge is 0.497 e. The molecule has 4 nitrogen and oxygen atoms in total. The number of likely N-dealkylation sites (tertiary alicyclic amines) is 1. The van der Waals surface area contributed by atoms with Crippen LogP contribution in [0.1, 0.15) is 24.1 Å². The van der Waals surface area contributed by atoms with Gasteiger partial charge in [0, 0.05) is 36.1 Å². The van der Waals surface area contributed by atoms with Crippen LogP contribution < -0.4 is 4.74 Å². The number of nitrogens with one attached hydrogen (secondary N) is 1. The fourth-order valence-corrected chi connectivity index (χ4v) is 3.02. The van der Waals surface area contributed by atoms with Crippen LogP contribution in [0.3, 0.4) is 0 Å². The highest BCUT2D eigenvalue weighted by Gasteiger charge is 2.14. The number of hydrogen-bond donors (Lipinski definition) is 1. The van der Waals surface area contributed by atoms with Crippen molar-refractivity contribution in [1.82, 2.24) is 9.88 Å². The third kappa shape index (κ3) is 5.92. The lowest BCUT2D eigenvalue weighted by Gasteiger charge is -2.23. The van der Waals surface area contributed by atoms with Crippen LogP contribution in [-0.2, 0) is 4.79 Å². The molecule has 1 aromatic carbocycles. The number of halogens is 1. The molecule has 1 N–H and O–H groups in total. The highest BCUT2D eigenvalue weighted by Crippen LogP contribution is 2.28. The summed E-state index contributed by atoms with van der Waals surface area (Å²) >= 11 is 0. The molecule has 1 aliphatic heterocycles. The first-order valence-corrected chi connectivity index (χ1v) is 9.42. The number of alkyl halides is 1. The third-order valence-electron chi connectivity index (χ3n) is 4.91. The molecule has 150 valence electrons. The molecule has 0 atom stereocenters. The predicted molar refractivity (Wildman–Crippen MR) is 113 cm³/mol. The first kappa shape index (κ1) is 21.6. The van der Waals surface area contributed by atoms with Gasteiger partial charge in [-0.15, -0.1) is 0 Å². The number of benzene rings is 1. The second-order valence-electron chi connectivity index (χ2n) is 6.91. The standard InChI is InChI=1S/C17H17NO2.C6H12FN/c1-4-13(11-19)9-17-12(2)16(10-18-17)14-5-7-15(20-3)8-6-14;1-8-4-2-6(7)3-5-8/h4-11,18H,1H2,2-3H3;6H,2-5H2,1H3/b13-9+;. The molecule has 0 amide bonds. The zero-order chi connectivity index (χ0) is 20.5. The maximum absolute atomic E-state index is 12.3. The van der Waals surface area contributed by atoms with Crippen molar-refractivity contribution >= 4 is 12.4 Å². The Kier molecular flexibility index (Phi) is 8.20. The van der Waals surface area contributed by atoms with Crippen LogP contribution in [0.4, 0.5) is 4.39 Å². The van der Waals surface area contributed by atoms with Crippen LogP contribution in [-0.4, -0.2) is 49.6 Å². The Labute approximate surface area is 166 Å². The van der Waals surface area contributed by atoms with Gasteiger partial charge in [0.25, 0.3) is 0 Å². The van der Waals surface area contributed by atoms with Gasteiger partial charge in [-0.3, -0.25) is 4.79 Å². The van der Waals surface area contributed by atoms with Gasteiger partial charge < -0.3 is 14.6 Å². The Balaban J connectivity index is 0.000000292. The minimum Gasteiger partial charge on any atom is -0.497 e. The van der Waals surface area contributed by atoms with Crippen molar-refractivity contribution in [3.63, 3.8) is 0 Å². The van der Waals surface area contributed by atoms with Gasteiger partial charge in [0.05, 0.1) is 7.11 Å². The Hall–Kier alpha value is -2.66. The average Bonchev–Trinajstić information content (AvgIpc) is 3.09. The van der Waals surface area contributed by atoms with Crippen molar-refractivity contribution in [1.29, 1.82) is 0 Å². The number of rotatable bonds is 5. The molecule has 0 aliphatic carbocycles. The molecule has 3 rings (SSSR count). The van der Waals surface area contributed by atoms with Gasteiger partial charge in [-0.2, -0.15) is 0 Å². The molecule has 0 radical (unpaired) electrons. The van der Waals surface area contributed by atoms with Gasteiger partial charge in [-0.25, -0.2) is 4.39 Å². The van der Waals surface area contributed by atoms with Gasteiger partial charge in [-0.1, -0.05) is 24.8 Å². The fourth-order valence-electron chi connectivity index (χ4n) is 3.02. The lowest BCUT2D eigenvalue weighted by atomic mass is 10.0. The average molecular weight is 384 g/mol. The fraction of sp³-hybridized carbons (Fsp3) is 0.348. The maximum Gasteiger partial charge on any atom is 0.150 e. The Morgan fingerprint density at radius 3 is 2.43 bits per heavy atom. The summed E-state index contributed by atoms with van der Waals surface area (Å²) in [7, 11) is 3.68. The number of piperidine rings is 1. The van der Waals surface area contributed by atoms with Gasteiger partial charge in [0.2, 0.25) is 0 Å². The summed E-state index contributed by atoms with van der Waals surface area (Å²) in [6.07, 6.45) is 7.01. The van der Waals surface area contributed by atoms with Crippen LogP contribution in [0.2, 0.25) is 0 Å². The molecule has 5 heteroatoms. The molecule has 0 spiro atoms. The van der Waals surface area contributed by atoms with Crippen LogP contribution in [0.15, 0.2) is 48.7 Å². The highest BCUT2D eigenvalue weighted by atomic mass is 19.1. The summed E-state index contributed by atoms with van der Waals surface area (Å²) in [5.74, 6) is 0.831. The van der Waals surface area contributed by atoms with Crippen molar-refractivity contribution in [3.05, 3.63) is 59.9 Å². The molecular formula is C23H29FN2O2. The molecule has 0 unspecified atom stereocenters. The molecule has 0 saturated carbocycles. The number of H-pyrrole nitrogens is 1. The summed E-state index contributed by atoms with van der Waals surface area (Å²) in [5, 5.41) is 0. The summed E-state index contributed by atoms with van der Waals surface area (Å²) in [4.78, 5) is 16.2. The SMILES string of the molecule is C=C/C(C=O)=C\c1[nH]cc(-c2ccc(OC)cc2)c1C.CN1CCC(F)CC1.